The van der Waals surface area contributed by atoms with Crippen molar-refractivity contribution in [2.24, 2.45) is 4.99 Å². The molecule has 1 aliphatic heterocycles. The van der Waals surface area contributed by atoms with Gasteiger partial charge in [-0.2, -0.15) is 0 Å². The molecular weight excluding hydrogens is 318 g/mol. The van der Waals surface area contributed by atoms with Crippen LogP contribution in [0.2, 0.25) is 0 Å². The molecule has 0 atom stereocenters. The number of benzene rings is 1. The number of hydrogen-bond donors (Lipinski definition) is 2. The van der Waals surface area contributed by atoms with Crippen molar-refractivity contribution >= 4 is 5.96 Å². The normalized spacial score (nSPS) is 17.2. The molecular formula is C19H31N3O3. The van der Waals surface area contributed by atoms with Gasteiger partial charge in [0, 0.05) is 46.2 Å². The Morgan fingerprint density at radius 2 is 1.96 bits per heavy atom. The third kappa shape index (κ3) is 6.21. The summed E-state index contributed by atoms with van der Waals surface area (Å²) in [4.78, 5) is 6.72. The summed E-state index contributed by atoms with van der Waals surface area (Å²) >= 11 is 0. The number of aliphatic imine (C=N–C) groups is 1. The molecule has 6 heteroatoms. The summed E-state index contributed by atoms with van der Waals surface area (Å²) in [7, 11) is 2.01. The van der Waals surface area contributed by atoms with Crippen molar-refractivity contribution in [1.29, 1.82) is 0 Å². The smallest absolute Gasteiger partial charge is 0.194 e. The lowest BCUT2D eigenvalue weighted by Crippen LogP contribution is -2.43. The summed E-state index contributed by atoms with van der Waals surface area (Å²) in [6, 6.07) is 8.11. The van der Waals surface area contributed by atoms with Gasteiger partial charge in [0.25, 0.3) is 0 Å². The minimum atomic E-state index is -0.751. The molecule has 0 amide bonds. The van der Waals surface area contributed by atoms with Crippen LogP contribution in [0, 0.1) is 0 Å². The Balaban J connectivity index is 1.98. The Labute approximate surface area is 150 Å². The zero-order valence-corrected chi connectivity index (χ0v) is 15.6. The minimum Gasteiger partial charge on any atom is -0.494 e. The average molecular weight is 349 g/mol. The number of aliphatic hydroxyl groups is 1. The van der Waals surface area contributed by atoms with Crippen molar-refractivity contribution in [1.82, 2.24) is 10.2 Å². The molecule has 1 aromatic rings. The zero-order chi connectivity index (χ0) is 18.1. The molecule has 2 rings (SSSR count). The third-order valence-electron chi connectivity index (χ3n) is 4.30. The zero-order valence-electron chi connectivity index (χ0n) is 15.6. The monoisotopic (exact) mass is 349 g/mol. The summed E-state index contributed by atoms with van der Waals surface area (Å²) in [6.45, 7) is 7.82. The number of hydrogen-bond acceptors (Lipinski definition) is 4. The maximum atomic E-state index is 10.6. The molecule has 0 unspecified atom stereocenters. The lowest BCUT2D eigenvalue weighted by Gasteiger charge is -2.31. The van der Waals surface area contributed by atoms with Gasteiger partial charge in [-0.1, -0.05) is 12.1 Å². The standard InChI is InChI=1S/C19H31N3O3/c1-4-20-18(21-15-19(23)10-12-24-13-11-19)22(3)14-16-6-8-17(9-7-16)25-5-2/h6-9,23H,4-5,10-15H2,1-3H3,(H,20,21). The molecule has 0 bridgehead atoms. The second kappa shape index (κ2) is 9.63. The van der Waals surface area contributed by atoms with Crippen LogP contribution >= 0.6 is 0 Å². The predicted molar refractivity (Wildman–Crippen MR) is 100 cm³/mol. The lowest BCUT2D eigenvalue weighted by atomic mass is 9.95. The molecule has 25 heavy (non-hydrogen) atoms. The van der Waals surface area contributed by atoms with Gasteiger partial charge in [-0.15, -0.1) is 0 Å². The van der Waals surface area contributed by atoms with E-state index in [2.05, 4.69) is 27.3 Å². The largest absolute Gasteiger partial charge is 0.494 e. The third-order valence-corrected chi connectivity index (χ3v) is 4.30. The first kappa shape index (κ1) is 19.5. The molecule has 1 heterocycles. The predicted octanol–water partition coefficient (Wildman–Crippen LogP) is 2.02. The highest BCUT2D eigenvalue weighted by Gasteiger charge is 2.29. The van der Waals surface area contributed by atoms with Gasteiger partial charge in [-0.25, -0.2) is 0 Å². The minimum absolute atomic E-state index is 0.395. The molecule has 1 saturated heterocycles. The van der Waals surface area contributed by atoms with Gasteiger partial charge in [-0.05, 0) is 31.5 Å². The molecule has 0 radical (unpaired) electrons. The maximum Gasteiger partial charge on any atom is 0.194 e. The van der Waals surface area contributed by atoms with Crippen molar-refractivity contribution < 1.29 is 14.6 Å². The van der Waals surface area contributed by atoms with E-state index < -0.39 is 5.60 Å². The number of nitrogens with zero attached hydrogens (tertiary/aromatic N) is 2. The fourth-order valence-corrected chi connectivity index (χ4v) is 2.81. The van der Waals surface area contributed by atoms with Gasteiger partial charge < -0.3 is 24.8 Å². The molecule has 1 aliphatic rings. The van der Waals surface area contributed by atoms with Gasteiger partial charge in [0.15, 0.2) is 5.96 Å². The van der Waals surface area contributed by atoms with E-state index in [4.69, 9.17) is 9.47 Å². The van der Waals surface area contributed by atoms with Crippen LogP contribution in [0.25, 0.3) is 0 Å². The van der Waals surface area contributed by atoms with Crippen molar-refractivity contribution in [2.75, 3.05) is 40.0 Å². The quantitative estimate of drug-likeness (QED) is 0.582. The van der Waals surface area contributed by atoms with Crippen LogP contribution in [0.15, 0.2) is 29.3 Å². The Morgan fingerprint density at radius 3 is 2.56 bits per heavy atom. The van der Waals surface area contributed by atoms with Crippen molar-refractivity contribution in [3.63, 3.8) is 0 Å². The molecule has 0 aliphatic carbocycles. The molecule has 0 spiro atoms. The van der Waals surface area contributed by atoms with E-state index in [1.807, 2.05) is 33.0 Å². The van der Waals surface area contributed by atoms with E-state index in [9.17, 15) is 5.11 Å². The Hall–Kier alpha value is -1.79. The molecule has 2 N–H and O–H groups in total. The summed E-state index contributed by atoms with van der Waals surface area (Å²) in [5, 5.41) is 13.9. The molecule has 140 valence electrons. The van der Waals surface area contributed by atoms with Crippen molar-refractivity contribution in [3.8, 4) is 5.75 Å². The molecule has 1 fully saturated rings. The van der Waals surface area contributed by atoms with Gasteiger partial charge in [-0.3, -0.25) is 4.99 Å². The summed E-state index contributed by atoms with van der Waals surface area (Å²) < 4.78 is 10.8. The van der Waals surface area contributed by atoms with Crippen molar-refractivity contribution in [2.45, 2.75) is 38.8 Å². The van der Waals surface area contributed by atoms with Gasteiger partial charge >= 0.3 is 0 Å². The van der Waals surface area contributed by atoms with Crippen LogP contribution in [0.4, 0.5) is 0 Å². The highest BCUT2D eigenvalue weighted by Crippen LogP contribution is 2.21. The number of rotatable bonds is 7. The van der Waals surface area contributed by atoms with E-state index in [0.717, 1.165) is 24.8 Å². The first-order valence-corrected chi connectivity index (χ1v) is 9.07. The summed E-state index contributed by atoms with van der Waals surface area (Å²) in [5.74, 6) is 1.69. The highest BCUT2D eigenvalue weighted by molar-refractivity contribution is 5.79. The van der Waals surface area contributed by atoms with E-state index in [0.29, 0.717) is 39.2 Å². The molecule has 1 aromatic carbocycles. The molecule has 0 aromatic heterocycles. The highest BCUT2D eigenvalue weighted by atomic mass is 16.5. The Bertz CT molecular complexity index is 539. The lowest BCUT2D eigenvalue weighted by molar-refractivity contribution is -0.0566. The Morgan fingerprint density at radius 1 is 1.28 bits per heavy atom. The van der Waals surface area contributed by atoms with Gasteiger partial charge in [0.05, 0.1) is 18.8 Å². The van der Waals surface area contributed by atoms with Crippen LogP contribution in [-0.2, 0) is 11.3 Å². The van der Waals surface area contributed by atoms with E-state index >= 15 is 0 Å². The fourth-order valence-electron chi connectivity index (χ4n) is 2.81. The second-order valence-corrected chi connectivity index (χ2v) is 6.44. The molecule has 6 nitrogen and oxygen atoms in total. The number of ether oxygens (including phenoxy) is 2. The van der Waals surface area contributed by atoms with Crippen LogP contribution in [0.1, 0.15) is 32.3 Å². The van der Waals surface area contributed by atoms with Crippen LogP contribution in [0.5, 0.6) is 5.75 Å². The molecule has 0 saturated carbocycles. The second-order valence-electron chi connectivity index (χ2n) is 6.44. The van der Waals surface area contributed by atoms with E-state index in [1.54, 1.807) is 0 Å². The van der Waals surface area contributed by atoms with Gasteiger partial charge in [0.2, 0.25) is 0 Å². The average Bonchev–Trinajstić information content (AvgIpc) is 2.61. The van der Waals surface area contributed by atoms with Crippen LogP contribution in [-0.4, -0.2) is 61.5 Å². The Kier molecular flexibility index (Phi) is 7.52. The van der Waals surface area contributed by atoms with Gasteiger partial charge in [0.1, 0.15) is 5.75 Å². The maximum absolute atomic E-state index is 10.6. The van der Waals surface area contributed by atoms with Crippen LogP contribution in [0.3, 0.4) is 0 Å². The van der Waals surface area contributed by atoms with Crippen molar-refractivity contribution in [3.05, 3.63) is 29.8 Å². The topological polar surface area (TPSA) is 66.3 Å². The number of guanidine groups is 1. The number of nitrogens with one attached hydrogen (secondary N) is 1. The van der Waals surface area contributed by atoms with E-state index in [-0.39, 0.29) is 0 Å². The first-order chi connectivity index (χ1) is 12.1. The van der Waals surface area contributed by atoms with Crippen LogP contribution < -0.4 is 10.1 Å². The van der Waals surface area contributed by atoms with E-state index in [1.165, 1.54) is 5.56 Å². The summed E-state index contributed by atoms with van der Waals surface area (Å²) in [5.41, 5.74) is 0.431. The first-order valence-electron chi connectivity index (χ1n) is 9.07. The SMILES string of the molecule is CCNC(=NCC1(O)CCOCC1)N(C)Cc1ccc(OCC)cc1. The fraction of sp³-hybridized carbons (Fsp3) is 0.632. The summed E-state index contributed by atoms with van der Waals surface area (Å²) in [6.07, 6.45) is 1.27.